The van der Waals surface area contributed by atoms with Gasteiger partial charge in [0.15, 0.2) is 0 Å². The summed E-state index contributed by atoms with van der Waals surface area (Å²) in [4.78, 5) is 41.9. The molecule has 1 aliphatic rings. The van der Waals surface area contributed by atoms with Crippen LogP contribution in [0, 0.1) is 0 Å². The maximum Gasteiger partial charge on any atom is 0.254 e. The van der Waals surface area contributed by atoms with Gasteiger partial charge in [0.05, 0.1) is 17.6 Å². The van der Waals surface area contributed by atoms with E-state index in [1.807, 2.05) is 48.5 Å². The molecule has 7 heteroatoms. The molecular formula is C25H28N4O3. The largest absolute Gasteiger partial charge is 0.336 e. The van der Waals surface area contributed by atoms with Gasteiger partial charge in [-0.2, -0.15) is 0 Å². The number of nitrogens with one attached hydrogen (secondary N) is 1. The summed E-state index contributed by atoms with van der Waals surface area (Å²) < 4.78 is 1.55. The summed E-state index contributed by atoms with van der Waals surface area (Å²) in [5.41, 5.74) is 2.94. The minimum atomic E-state index is -0.199. The predicted molar refractivity (Wildman–Crippen MR) is 126 cm³/mol. The molecule has 0 saturated carbocycles. The van der Waals surface area contributed by atoms with Crippen LogP contribution in [-0.4, -0.2) is 58.9 Å². The first-order valence-corrected chi connectivity index (χ1v) is 11.0. The molecular weight excluding hydrogens is 404 g/mol. The molecule has 166 valence electrons. The zero-order valence-electron chi connectivity index (χ0n) is 18.5. The Morgan fingerprint density at radius 2 is 1.66 bits per heavy atom. The highest BCUT2D eigenvalue weighted by Crippen LogP contribution is 2.19. The number of rotatable bonds is 5. The number of para-hydroxylation sites is 2. The number of amides is 2. The number of hydrogen-bond acceptors (Lipinski definition) is 4. The van der Waals surface area contributed by atoms with Crippen molar-refractivity contribution in [2.45, 2.75) is 13.3 Å². The van der Waals surface area contributed by atoms with Crippen LogP contribution >= 0.6 is 0 Å². The van der Waals surface area contributed by atoms with Crippen molar-refractivity contribution in [3.8, 4) is 0 Å². The molecule has 3 aromatic rings. The first kappa shape index (κ1) is 21.8. The molecule has 1 aromatic heterocycles. The average Bonchev–Trinajstić information content (AvgIpc) is 2.82. The molecule has 0 bridgehead atoms. The number of aryl methyl sites for hydroxylation is 2. The third-order valence-corrected chi connectivity index (χ3v) is 6.08. The van der Waals surface area contributed by atoms with E-state index in [1.54, 1.807) is 16.5 Å². The standard InChI is InChI=1S/C25H28N4O3/c1-3-18-8-4-6-10-21(18)26-23(30)17-28-12-14-29(15-13-28)25(32)20-16-24(31)27(2)22-11-7-5-9-19(20)22/h4-11,16H,3,12-15,17H2,1-2H3,(H,26,30). The molecule has 2 amide bonds. The van der Waals surface area contributed by atoms with Crippen molar-refractivity contribution >= 4 is 28.4 Å². The molecule has 2 heterocycles. The van der Waals surface area contributed by atoms with Gasteiger partial charge in [-0.1, -0.05) is 43.3 Å². The SMILES string of the molecule is CCc1ccccc1NC(=O)CN1CCN(C(=O)c2cc(=O)n(C)c3ccccc23)CC1. The second kappa shape index (κ2) is 9.36. The number of fused-ring (bicyclic) bond motifs is 1. The lowest BCUT2D eigenvalue weighted by atomic mass is 10.1. The number of nitrogens with zero attached hydrogens (tertiary/aromatic N) is 3. The molecule has 0 atom stereocenters. The Hall–Kier alpha value is -3.45. The third kappa shape index (κ3) is 4.43. The molecule has 0 aliphatic carbocycles. The highest BCUT2D eigenvalue weighted by molar-refractivity contribution is 6.06. The molecule has 0 spiro atoms. The van der Waals surface area contributed by atoms with E-state index in [2.05, 4.69) is 17.1 Å². The minimum Gasteiger partial charge on any atom is -0.336 e. The summed E-state index contributed by atoms with van der Waals surface area (Å²) in [6.07, 6.45) is 0.856. The van der Waals surface area contributed by atoms with Crippen molar-refractivity contribution in [3.05, 3.63) is 76.1 Å². The van der Waals surface area contributed by atoms with Crippen LogP contribution in [0.5, 0.6) is 0 Å². The van der Waals surface area contributed by atoms with Gasteiger partial charge in [0.2, 0.25) is 5.91 Å². The fourth-order valence-electron chi connectivity index (χ4n) is 4.21. The first-order valence-electron chi connectivity index (χ1n) is 11.0. The zero-order chi connectivity index (χ0) is 22.7. The summed E-state index contributed by atoms with van der Waals surface area (Å²) >= 11 is 0. The number of hydrogen-bond donors (Lipinski definition) is 1. The van der Waals surface area contributed by atoms with E-state index in [0.717, 1.165) is 28.6 Å². The Morgan fingerprint density at radius 1 is 0.969 bits per heavy atom. The lowest BCUT2D eigenvalue weighted by Crippen LogP contribution is -2.50. The molecule has 2 aromatic carbocycles. The van der Waals surface area contributed by atoms with Gasteiger partial charge in [-0.15, -0.1) is 0 Å². The Kier molecular flexibility index (Phi) is 6.37. The van der Waals surface area contributed by atoms with Crippen molar-refractivity contribution in [2.24, 2.45) is 7.05 Å². The van der Waals surface area contributed by atoms with E-state index in [-0.39, 0.29) is 23.9 Å². The number of anilines is 1. The predicted octanol–water partition coefficient (Wildman–Crippen LogP) is 2.50. The van der Waals surface area contributed by atoms with Gasteiger partial charge in [0, 0.05) is 50.4 Å². The molecule has 0 radical (unpaired) electrons. The van der Waals surface area contributed by atoms with Crippen LogP contribution in [0.1, 0.15) is 22.8 Å². The van der Waals surface area contributed by atoms with Crippen molar-refractivity contribution in [1.82, 2.24) is 14.4 Å². The number of carbonyl (C=O) groups is 2. The van der Waals surface area contributed by atoms with E-state index >= 15 is 0 Å². The van der Waals surface area contributed by atoms with Gasteiger partial charge in [-0.25, -0.2) is 0 Å². The normalized spacial score (nSPS) is 14.5. The molecule has 32 heavy (non-hydrogen) atoms. The van der Waals surface area contributed by atoms with Crippen LogP contribution < -0.4 is 10.9 Å². The lowest BCUT2D eigenvalue weighted by Gasteiger charge is -2.34. The van der Waals surface area contributed by atoms with Crippen molar-refractivity contribution < 1.29 is 9.59 Å². The molecule has 1 fully saturated rings. The molecule has 1 aliphatic heterocycles. The molecule has 4 rings (SSSR count). The quantitative estimate of drug-likeness (QED) is 0.672. The summed E-state index contributed by atoms with van der Waals surface area (Å²) in [5, 5.41) is 3.78. The van der Waals surface area contributed by atoms with Crippen LogP contribution in [0.2, 0.25) is 0 Å². The average molecular weight is 433 g/mol. The van der Waals surface area contributed by atoms with Gasteiger partial charge in [0.1, 0.15) is 0 Å². The Bertz CT molecular complexity index is 1210. The maximum atomic E-state index is 13.2. The van der Waals surface area contributed by atoms with Gasteiger partial charge < -0.3 is 14.8 Å². The Balaban J connectivity index is 1.39. The molecule has 7 nitrogen and oxygen atoms in total. The van der Waals surface area contributed by atoms with E-state index in [4.69, 9.17) is 0 Å². The van der Waals surface area contributed by atoms with Crippen molar-refractivity contribution in [3.63, 3.8) is 0 Å². The summed E-state index contributed by atoms with van der Waals surface area (Å²) in [7, 11) is 1.71. The number of pyridine rings is 1. The summed E-state index contributed by atoms with van der Waals surface area (Å²) in [6, 6.07) is 16.7. The highest BCUT2D eigenvalue weighted by Gasteiger charge is 2.25. The second-order valence-electron chi connectivity index (χ2n) is 8.10. The second-order valence-corrected chi connectivity index (χ2v) is 8.10. The van der Waals surface area contributed by atoms with E-state index in [1.165, 1.54) is 6.07 Å². The Morgan fingerprint density at radius 3 is 2.41 bits per heavy atom. The number of piperazine rings is 1. The number of aromatic nitrogens is 1. The third-order valence-electron chi connectivity index (χ3n) is 6.08. The number of carbonyl (C=O) groups excluding carboxylic acids is 2. The summed E-state index contributed by atoms with van der Waals surface area (Å²) in [6.45, 7) is 4.60. The Labute approximate surface area is 187 Å². The minimum absolute atomic E-state index is 0.0526. The fourth-order valence-corrected chi connectivity index (χ4v) is 4.21. The van der Waals surface area contributed by atoms with E-state index in [0.29, 0.717) is 31.7 Å². The van der Waals surface area contributed by atoms with E-state index in [9.17, 15) is 14.4 Å². The molecule has 0 unspecified atom stereocenters. The van der Waals surface area contributed by atoms with Crippen LogP contribution in [0.3, 0.4) is 0 Å². The lowest BCUT2D eigenvalue weighted by molar-refractivity contribution is -0.117. The van der Waals surface area contributed by atoms with Gasteiger partial charge >= 0.3 is 0 Å². The zero-order valence-corrected chi connectivity index (χ0v) is 18.5. The summed E-state index contributed by atoms with van der Waals surface area (Å²) in [5.74, 6) is -0.192. The monoisotopic (exact) mass is 432 g/mol. The van der Waals surface area contributed by atoms with Crippen LogP contribution in [-0.2, 0) is 18.3 Å². The smallest absolute Gasteiger partial charge is 0.254 e. The maximum absolute atomic E-state index is 13.2. The van der Waals surface area contributed by atoms with Crippen LogP contribution in [0.4, 0.5) is 5.69 Å². The van der Waals surface area contributed by atoms with Crippen molar-refractivity contribution in [2.75, 3.05) is 38.0 Å². The molecule has 1 N–H and O–H groups in total. The van der Waals surface area contributed by atoms with Crippen LogP contribution in [0.15, 0.2) is 59.4 Å². The van der Waals surface area contributed by atoms with Crippen LogP contribution in [0.25, 0.3) is 10.9 Å². The first-order chi connectivity index (χ1) is 15.5. The highest BCUT2D eigenvalue weighted by atomic mass is 16.2. The number of benzene rings is 2. The van der Waals surface area contributed by atoms with Gasteiger partial charge in [-0.3, -0.25) is 19.3 Å². The van der Waals surface area contributed by atoms with Gasteiger partial charge in [-0.05, 0) is 24.1 Å². The fraction of sp³-hybridized carbons (Fsp3) is 0.320. The van der Waals surface area contributed by atoms with E-state index < -0.39 is 0 Å². The van der Waals surface area contributed by atoms with Crippen molar-refractivity contribution in [1.29, 1.82) is 0 Å². The topological polar surface area (TPSA) is 74.7 Å². The van der Waals surface area contributed by atoms with Gasteiger partial charge in [0.25, 0.3) is 11.5 Å². The molecule has 1 saturated heterocycles.